The van der Waals surface area contributed by atoms with Crippen molar-refractivity contribution in [3.05, 3.63) is 0 Å². The van der Waals surface area contributed by atoms with Crippen LogP contribution < -0.4 is 5.32 Å². The van der Waals surface area contributed by atoms with Crippen LogP contribution >= 0.6 is 0 Å². The van der Waals surface area contributed by atoms with Gasteiger partial charge in [-0.2, -0.15) is 0 Å². The molecule has 19 heavy (non-hydrogen) atoms. The number of nitrogens with one attached hydrogen (secondary N) is 1. The van der Waals surface area contributed by atoms with Crippen LogP contribution in [0.3, 0.4) is 0 Å². The summed E-state index contributed by atoms with van der Waals surface area (Å²) in [6, 6.07) is 1.40. The largest absolute Gasteiger partial charge is 0.312 e. The molecule has 1 atom stereocenters. The molecule has 0 amide bonds. The van der Waals surface area contributed by atoms with E-state index in [9.17, 15) is 0 Å². The molecular weight excluding hydrogens is 232 g/mol. The number of nitrogens with zero attached hydrogens (tertiary/aromatic N) is 1. The maximum atomic E-state index is 3.75. The van der Waals surface area contributed by atoms with Gasteiger partial charge in [0, 0.05) is 18.6 Å². The van der Waals surface area contributed by atoms with Crippen molar-refractivity contribution in [2.24, 2.45) is 11.3 Å². The third kappa shape index (κ3) is 5.83. The van der Waals surface area contributed by atoms with E-state index < -0.39 is 0 Å². The molecule has 0 heterocycles. The highest BCUT2D eigenvalue weighted by atomic mass is 15.2. The van der Waals surface area contributed by atoms with Crippen LogP contribution in [0.4, 0.5) is 0 Å². The lowest BCUT2D eigenvalue weighted by molar-refractivity contribution is 0.125. The van der Waals surface area contributed by atoms with Crippen molar-refractivity contribution in [3.8, 4) is 0 Å². The molecule has 0 spiro atoms. The van der Waals surface area contributed by atoms with E-state index in [1.807, 2.05) is 0 Å². The maximum Gasteiger partial charge on any atom is 0.0243 e. The van der Waals surface area contributed by atoms with E-state index in [1.165, 1.54) is 38.6 Å². The minimum atomic E-state index is 0.339. The molecule has 2 nitrogen and oxygen atoms in total. The molecule has 1 rings (SSSR count). The lowest BCUT2D eigenvalue weighted by Gasteiger charge is -2.39. The first-order valence-electron chi connectivity index (χ1n) is 8.28. The van der Waals surface area contributed by atoms with Crippen LogP contribution in [0.25, 0.3) is 0 Å². The van der Waals surface area contributed by atoms with Gasteiger partial charge in [-0.15, -0.1) is 0 Å². The summed E-state index contributed by atoms with van der Waals surface area (Å²) in [4.78, 5) is 2.62. The second-order valence-corrected chi connectivity index (χ2v) is 7.73. The summed E-state index contributed by atoms with van der Waals surface area (Å²) in [5.74, 6) is 0.946. The van der Waals surface area contributed by atoms with E-state index in [-0.39, 0.29) is 0 Å². The SMILES string of the molecule is CCCNC(CN(C)C1CCC(C)CC1)C(C)(C)C. The first-order chi connectivity index (χ1) is 8.84. The topological polar surface area (TPSA) is 15.3 Å². The van der Waals surface area contributed by atoms with E-state index in [0.717, 1.165) is 18.5 Å². The van der Waals surface area contributed by atoms with Gasteiger partial charge in [-0.25, -0.2) is 0 Å². The average Bonchev–Trinajstić information content (AvgIpc) is 2.33. The molecule has 1 unspecified atom stereocenters. The molecule has 0 aromatic heterocycles. The Labute approximate surface area is 121 Å². The third-order valence-electron chi connectivity index (χ3n) is 4.77. The second-order valence-electron chi connectivity index (χ2n) is 7.73. The Balaban J connectivity index is 2.48. The molecule has 0 radical (unpaired) electrons. The molecule has 0 aromatic rings. The first kappa shape index (κ1) is 17.0. The van der Waals surface area contributed by atoms with Gasteiger partial charge in [0.2, 0.25) is 0 Å². The van der Waals surface area contributed by atoms with Crippen molar-refractivity contribution >= 4 is 0 Å². The Kier molecular flexibility index (Phi) is 6.82. The van der Waals surface area contributed by atoms with Gasteiger partial charge in [0.05, 0.1) is 0 Å². The van der Waals surface area contributed by atoms with Gasteiger partial charge in [0.1, 0.15) is 0 Å². The lowest BCUT2D eigenvalue weighted by atomic mass is 9.84. The van der Waals surface area contributed by atoms with Gasteiger partial charge >= 0.3 is 0 Å². The van der Waals surface area contributed by atoms with Gasteiger partial charge in [0.15, 0.2) is 0 Å². The van der Waals surface area contributed by atoms with Crippen molar-refractivity contribution in [3.63, 3.8) is 0 Å². The smallest absolute Gasteiger partial charge is 0.0243 e. The fourth-order valence-electron chi connectivity index (χ4n) is 3.08. The van der Waals surface area contributed by atoms with Crippen LogP contribution in [0, 0.1) is 11.3 Å². The molecular formula is C17H36N2. The number of likely N-dealkylation sites (N-methyl/N-ethyl adjacent to an activating group) is 1. The molecule has 1 N–H and O–H groups in total. The zero-order chi connectivity index (χ0) is 14.5. The van der Waals surface area contributed by atoms with Gasteiger partial charge in [-0.1, -0.05) is 34.6 Å². The minimum absolute atomic E-state index is 0.339. The van der Waals surface area contributed by atoms with Crippen LogP contribution in [0.15, 0.2) is 0 Å². The normalized spacial score (nSPS) is 26.7. The minimum Gasteiger partial charge on any atom is -0.312 e. The van der Waals surface area contributed by atoms with Gasteiger partial charge in [0.25, 0.3) is 0 Å². The van der Waals surface area contributed by atoms with Crippen molar-refractivity contribution in [2.45, 2.75) is 78.8 Å². The summed E-state index contributed by atoms with van der Waals surface area (Å²) >= 11 is 0. The van der Waals surface area contributed by atoms with Gasteiger partial charge < -0.3 is 10.2 Å². The Morgan fingerprint density at radius 3 is 2.21 bits per heavy atom. The fraction of sp³-hybridized carbons (Fsp3) is 1.00. The van der Waals surface area contributed by atoms with Crippen LogP contribution in [0.2, 0.25) is 0 Å². The second kappa shape index (κ2) is 7.64. The Hall–Kier alpha value is -0.0800. The Morgan fingerprint density at radius 2 is 1.74 bits per heavy atom. The molecule has 1 aliphatic rings. The van der Waals surface area contributed by atoms with Crippen LogP contribution in [0.5, 0.6) is 0 Å². The summed E-state index contributed by atoms with van der Waals surface area (Å²) < 4.78 is 0. The lowest BCUT2D eigenvalue weighted by Crippen LogP contribution is -2.50. The highest BCUT2D eigenvalue weighted by Crippen LogP contribution is 2.28. The molecule has 114 valence electrons. The molecule has 1 aliphatic carbocycles. The standard InChI is InChI=1S/C17H36N2/c1-7-12-18-16(17(3,4)5)13-19(6)15-10-8-14(2)9-11-15/h14-16,18H,7-13H2,1-6H3. The maximum absolute atomic E-state index is 3.75. The van der Waals surface area contributed by atoms with Crippen LogP contribution in [-0.4, -0.2) is 37.1 Å². The van der Waals surface area contributed by atoms with Gasteiger partial charge in [-0.05, 0) is 57.0 Å². The van der Waals surface area contributed by atoms with E-state index in [4.69, 9.17) is 0 Å². The summed E-state index contributed by atoms with van der Waals surface area (Å²) in [7, 11) is 2.33. The molecule has 0 saturated heterocycles. The molecule has 2 heteroatoms. The van der Waals surface area contributed by atoms with Gasteiger partial charge in [-0.3, -0.25) is 0 Å². The number of hydrogen-bond acceptors (Lipinski definition) is 2. The predicted octanol–water partition coefficient (Wildman–Crippen LogP) is 3.91. The Morgan fingerprint density at radius 1 is 1.16 bits per heavy atom. The van der Waals surface area contributed by atoms with E-state index in [0.29, 0.717) is 11.5 Å². The Bertz CT molecular complexity index is 236. The number of hydrogen-bond donors (Lipinski definition) is 1. The first-order valence-corrected chi connectivity index (χ1v) is 8.28. The molecule has 1 fully saturated rings. The zero-order valence-corrected chi connectivity index (χ0v) is 14.1. The molecule has 0 bridgehead atoms. The molecule has 0 aliphatic heterocycles. The zero-order valence-electron chi connectivity index (χ0n) is 14.1. The van der Waals surface area contributed by atoms with E-state index in [2.05, 4.69) is 51.9 Å². The van der Waals surface area contributed by atoms with E-state index in [1.54, 1.807) is 0 Å². The highest BCUT2D eigenvalue weighted by molar-refractivity contribution is 4.86. The van der Waals surface area contributed by atoms with E-state index >= 15 is 0 Å². The quantitative estimate of drug-likeness (QED) is 0.785. The summed E-state index contributed by atoms with van der Waals surface area (Å²) in [5, 5.41) is 3.75. The molecule has 1 saturated carbocycles. The summed E-state index contributed by atoms with van der Waals surface area (Å²) in [6.07, 6.45) is 6.83. The van der Waals surface area contributed by atoms with Crippen LogP contribution in [0.1, 0.15) is 66.7 Å². The van der Waals surface area contributed by atoms with Crippen molar-refractivity contribution in [1.82, 2.24) is 10.2 Å². The van der Waals surface area contributed by atoms with Crippen LogP contribution in [-0.2, 0) is 0 Å². The van der Waals surface area contributed by atoms with Crippen molar-refractivity contribution in [2.75, 3.05) is 20.1 Å². The highest BCUT2D eigenvalue weighted by Gasteiger charge is 2.28. The predicted molar refractivity (Wildman–Crippen MR) is 85.6 cm³/mol. The van der Waals surface area contributed by atoms with Crippen molar-refractivity contribution in [1.29, 1.82) is 0 Å². The third-order valence-corrected chi connectivity index (χ3v) is 4.77. The fourth-order valence-corrected chi connectivity index (χ4v) is 3.08. The average molecular weight is 268 g/mol. The molecule has 0 aromatic carbocycles. The summed E-state index contributed by atoms with van der Waals surface area (Å²) in [6.45, 7) is 14.0. The monoisotopic (exact) mass is 268 g/mol. The van der Waals surface area contributed by atoms with Crippen molar-refractivity contribution < 1.29 is 0 Å². The summed E-state index contributed by atoms with van der Waals surface area (Å²) in [5.41, 5.74) is 0.339. The number of rotatable bonds is 6.